The highest BCUT2D eigenvalue weighted by Crippen LogP contribution is 2.19. The monoisotopic (exact) mass is 406 g/mol. The summed E-state index contributed by atoms with van der Waals surface area (Å²) in [6, 6.07) is -0.662. The van der Waals surface area contributed by atoms with E-state index in [1.54, 1.807) is 11.8 Å². The minimum atomic E-state index is -0.662. The van der Waals surface area contributed by atoms with Gasteiger partial charge in [0.1, 0.15) is 6.04 Å². The third-order valence-electron chi connectivity index (χ3n) is 4.61. The number of hydrogen-bond donors (Lipinski definition) is 4. The molecular weight excluding hydrogens is 376 g/mol. The van der Waals surface area contributed by atoms with E-state index >= 15 is 0 Å². The van der Waals surface area contributed by atoms with Gasteiger partial charge in [0.15, 0.2) is 0 Å². The van der Waals surface area contributed by atoms with Gasteiger partial charge < -0.3 is 21.3 Å². The lowest BCUT2D eigenvalue weighted by Gasteiger charge is -2.25. The molecule has 0 saturated carbocycles. The summed E-state index contributed by atoms with van der Waals surface area (Å²) in [4.78, 5) is 36.4. The molecule has 154 valence electrons. The van der Waals surface area contributed by atoms with Crippen molar-refractivity contribution in [2.24, 2.45) is 5.92 Å². The molecular formula is C20H30N4O3S. The van der Waals surface area contributed by atoms with Gasteiger partial charge in [-0.1, -0.05) is 29.9 Å². The van der Waals surface area contributed by atoms with Crippen LogP contribution in [0, 0.1) is 5.92 Å². The van der Waals surface area contributed by atoms with Gasteiger partial charge in [0.05, 0.1) is 6.67 Å². The van der Waals surface area contributed by atoms with Crippen LogP contribution in [-0.4, -0.2) is 49.3 Å². The van der Waals surface area contributed by atoms with Crippen LogP contribution in [0.25, 0.3) is 0 Å². The Kier molecular flexibility index (Phi) is 9.85. The van der Waals surface area contributed by atoms with Gasteiger partial charge in [-0.15, -0.1) is 11.8 Å². The van der Waals surface area contributed by atoms with Gasteiger partial charge in [-0.25, -0.2) is 0 Å². The molecule has 0 aliphatic carbocycles. The largest absolute Gasteiger partial charge is 0.344 e. The molecule has 2 rings (SSSR count). The maximum Gasteiger partial charge on any atom is 0.244 e. The van der Waals surface area contributed by atoms with Crippen LogP contribution >= 0.6 is 11.8 Å². The zero-order valence-electron chi connectivity index (χ0n) is 16.3. The lowest BCUT2D eigenvalue weighted by atomic mass is 9.96. The normalized spacial score (nSPS) is 23.0. The summed E-state index contributed by atoms with van der Waals surface area (Å²) in [7, 11) is 0. The molecule has 1 fully saturated rings. The lowest BCUT2D eigenvalue weighted by Crippen LogP contribution is -2.51. The summed E-state index contributed by atoms with van der Waals surface area (Å²) in [5.41, 5.74) is 1.09. The van der Waals surface area contributed by atoms with E-state index in [-0.39, 0.29) is 30.3 Å². The van der Waals surface area contributed by atoms with E-state index in [1.165, 1.54) is 6.92 Å². The fourth-order valence-electron chi connectivity index (χ4n) is 3.06. The average Bonchev–Trinajstić information content (AvgIpc) is 2.81. The number of hydrogen-bond acceptors (Lipinski definition) is 5. The lowest BCUT2D eigenvalue weighted by molar-refractivity contribution is -0.131. The molecule has 3 amide bonds. The number of piperidine rings is 1. The Bertz CT molecular complexity index is 639. The first-order valence-electron chi connectivity index (χ1n) is 9.70. The first kappa shape index (κ1) is 22.2. The Labute approximate surface area is 170 Å². The molecule has 0 spiro atoms. The average molecular weight is 407 g/mol. The second kappa shape index (κ2) is 12.4. The maximum atomic E-state index is 12.7. The first-order valence-corrected chi connectivity index (χ1v) is 10.8. The third kappa shape index (κ3) is 8.31. The quantitative estimate of drug-likeness (QED) is 0.476. The summed E-state index contributed by atoms with van der Waals surface area (Å²) in [5.74, 6) is 0.219. The Morgan fingerprint density at radius 3 is 2.68 bits per heavy atom. The van der Waals surface area contributed by atoms with Crippen LogP contribution in [-0.2, 0) is 14.4 Å². The molecule has 2 aliphatic rings. The van der Waals surface area contributed by atoms with Crippen LogP contribution in [0.3, 0.4) is 0 Å². The highest BCUT2D eigenvalue weighted by atomic mass is 32.2. The van der Waals surface area contributed by atoms with Crippen molar-refractivity contribution in [3.8, 4) is 0 Å². The molecule has 0 aromatic heterocycles. The Balaban J connectivity index is 2.02. The highest BCUT2D eigenvalue weighted by Gasteiger charge is 2.27. The number of rotatable bonds is 7. The van der Waals surface area contributed by atoms with Crippen LogP contribution in [0.2, 0.25) is 0 Å². The van der Waals surface area contributed by atoms with Crippen LogP contribution in [0.15, 0.2) is 35.3 Å². The Morgan fingerprint density at radius 2 is 1.93 bits per heavy atom. The van der Waals surface area contributed by atoms with E-state index in [0.717, 1.165) is 43.7 Å². The van der Waals surface area contributed by atoms with Gasteiger partial charge in [-0.2, -0.15) is 0 Å². The molecule has 0 radical (unpaired) electrons. The standard InChI is InChI=1S/C20H30N4O3S/c1-15(25)22-14-23-20(27)18(24-19(26)17-7-9-21-10-8-17)12-16-6-4-2-3-5-11-28-13-16/h2-5,13,17-18,21H,6-12,14H2,1H3,(H,22,25)(H,23,27)(H,24,26)/b4-2-,5-3-,16-13+/t18-/m1/s1. The van der Waals surface area contributed by atoms with Gasteiger partial charge in [0.2, 0.25) is 17.7 Å². The first-order chi connectivity index (χ1) is 13.6. The fraction of sp³-hybridized carbons (Fsp3) is 0.550. The Hall–Kier alpha value is -2.06. The van der Waals surface area contributed by atoms with Crippen LogP contribution in [0.1, 0.15) is 32.6 Å². The fourth-order valence-corrected chi connectivity index (χ4v) is 3.80. The van der Waals surface area contributed by atoms with Crippen molar-refractivity contribution >= 4 is 29.5 Å². The number of carbonyl (C=O) groups is 3. The van der Waals surface area contributed by atoms with E-state index in [9.17, 15) is 14.4 Å². The van der Waals surface area contributed by atoms with Crippen LogP contribution in [0.5, 0.6) is 0 Å². The van der Waals surface area contributed by atoms with E-state index < -0.39 is 6.04 Å². The van der Waals surface area contributed by atoms with Crippen molar-refractivity contribution < 1.29 is 14.4 Å². The van der Waals surface area contributed by atoms with Crippen molar-refractivity contribution in [3.63, 3.8) is 0 Å². The molecule has 1 saturated heterocycles. The molecule has 1 atom stereocenters. The summed E-state index contributed by atoms with van der Waals surface area (Å²) < 4.78 is 0. The van der Waals surface area contributed by atoms with Gasteiger partial charge >= 0.3 is 0 Å². The molecule has 8 heteroatoms. The molecule has 0 aromatic rings. The van der Waals surface area contributed by atoms with E-state index in [2.05, 4.69) is 38.8 Å². The zero-order valence-corrected chi connectivity index (χ0v) is 17.1. The van der Waals surface area contributed by atoms with Crippen molar-refractivity contribution in [3.05, 3.63) is 35.3 Å². The zero-order chi connectivity index (χ0) is 20.2. The van der Waals surface area contributed by atoms with Gasteiger partial charge in [0, 0.05) is 18.6 Å². The summed E-state index contributed by atoms with van der Waals surface area (Å²) >= 11 is 1.67. The van der Waals surface area contributed by atoms with E-state index in [1.807, 2.05) is 12.2 Å². The summed E-state index contributed by atoms with van der Waals surface area (Å²) in [6.07, 6.45) is 10.9. The smallest absolute Gasteiger partial charge is 0.244 e. The van der Waals surface area contributed by atoms with Crippen molar-refractivity contribution in [2.75, 3.05) is 25.5 Å². The van der Waals surface area contributed by atoms with Gasteiger partial charge in [-0.3, -0.25) is 14.4 Å². The third-order valence-corrected chi connectivity index (χ3v) is 5.50. The number of carbonyl (C=O) groups excluding carboxylic acids is 3. The minimum absolute atomic E-state index is 0.0471. The summed E-state index contributed by atoms with van der Waals surface area (Å²) in [6.45, 7) is 3.07. The SMILES string of the molecule is CC(=O)NCNC(=O)[C@@H](C/C1=C/SC/C=C\C=C/C1)NC(=O)C1CCNCC1. The van der Waals surface area contributed by atoms with Crippen molar-refractivity contribution in [2.45, 2.75) is 38.6 Å². The minimum Gasteiger partial charge on any atom is -0.344 e. The van der Waals surface area contributed by atoms with Crippen LogP contribution < -0.4 is 21.3 Å². The van der Waals surface area contributed by atoms with Crippen molar-refractivity contribution in [1.82, 2.24) is 21.3 Å². The second-order valence-corrected chi connectivity index (χ2v) is 7.81. The number of allylic oxidation sites excluding steroid dienone is 3. The molecule has 28 heavy (non-hydrogen) atoms. The molecule has 0 unspecified atom stereocenters. The van der Waals surface area contributed by atoms with Crippen LogP contribution in [0.4, 0.5) is 0 Å². The highest BCUT2D eigenvalue weighted by molar-refractivity contribution is 8.02. The molecule has 2 heterocycles. The number of amides is 3. The summed E-state index contributed by atoms with van der Waals surface area (Å²) in [5, 5.41) is 13.5. The molecule has 4 N–H and O–H groups in total. The van der Waals surface area contributed by atoms with Gasteiger partial charge in [-0.05, 0) is 44.2 Å². The van der Waals surface area contributed by atoms with E-state index in [0.29, 0.717) is 6.42 Å². The number of nitrogens with one attached hydrogen (secondary N) is 4. The molecule has 0 bridgehead atoms. The maximum absolute atomic E-state index is 12.7. The molecule has 2 aliphatic heterocycles. The number of thioether (sulfide) groups is 1. The van der Waals surface area contributed by atoms with Gasteiger partial charge in [0.25, 0.3) is 0 Å². The molecule has 7 nitrogen and oxygen atoms in total. The van der Waals surface area contributed by atoms with Crippen molar-refractivity contribution in [1.29, 1.82) is 0 Å². The molecule has 0 aromatic carbocycles. The van der Waals surface area contributed by atoms with E-state index in [4.69, 9.17) is 0 Å². The topological polar surface area (TPSA) is 99.3 Å². The predicted molar refractivity (Wildman–Crippen MR) is 112 cm³/mol. The predicted octanol–water partition coefficient (Wildman–Crippen LogP) is 1.20. The second-order valence-electron chi connectivity index (χ2n) is 6.91. The Morgan fingerprint density at radius 1 is 1.18 bits per heavy atom.